The molecule has 1 N–H and O–H groups in total. The van der Waals surface area contributed by atoms with Crippen molar-refractivity contribution < 1.29 is 8.42 Å². The third-order valence-electron chi connectivity index (χ3n) is 5.35. The summed E-state index contributed by atoms with van der Waals surface area (Å²) in [4.78, 5) is 6.32. The van der Waals surface area contributed by atoms with Crippen molar-refractivity contribution in [1.29, 1.82) is 0 Å². The number of nitrogens with zero attached hydrogens (tertiary/aromatic N) is 1. The molecule has 5 heteroatoms. The Bertz CT molecular complexity index is 1010. The summed E-state index contributed by atoms with van der Waals surface area (Å²) in [6.07, 6.45) is 2.95. The molecule has 1 saturated heterocycles. The van der Waals surface area contributed by atoms with Crippen LogP contribution in [0.15, 0.2) is 59.5 Å². The first-order chi connectivity index (χ1) is 12.5. The lowest BCUT2D eigenvalue weighted by Gasteiger charge is -2.17. The van der Waals surface area contributed by atoms with Gasteiger partial charge in [0.2, 0.25) is 0 Å². The SMILES string of the molecule is CN1CCC[C@@H]1c1cc2cc(CCS(=O)(=O)c3ccccc3)ccc2[nH]1. The number of nitrogens with one attached hydrogen (secondary N) is 1. The number of H-pyrrole nitrogens is 1. The summed E-state index contributed by atoms with van der Waals surface area (Å²) in [6.45, 7) is 1.14. The molecule has 1 aromatic heterocycles. The fourth-order valence-corrected chi connectivity index (χ4v) is 5.15. The molecule has 1 atom stereocenters. The number of hydrogen-bond acceptors (Lipinski definition) is 3. The predicted octanol–water partition coefficient (Wildman–Crippen LogP) is 3.95. The van der Waals surface area contributed by atoms with Gasteiger partial charge in [-0.15, -0.1) is 0 Å². The van der Waals surface area contributed by atoms with Crippen LogP contribution >= 0.6 is 0 Å². The van der Waals surface area contributed by atoms with Crippen LogP contribution in [0.2, 0.25) is 0 Å². The highest BCUT2D eigenvalue weighted by Crippen LogP contribution is 2.32. The number of fused-ring (bicyclic) bond motifs is 1. The number of hydrogen-bond donors (Lipinski definition) is 1. The molecule has 2 aromatic carbocycles. The zero-order valence-electron chi connectivity index (χ0n) is 15.0. The van der Waals surface area contributed by atoms with Gasteiger partial charge >= 0.3 is 0 Å². The van der Waals surface area contributed by atoms with Crippen LogP contribution in [0, 0.1) is 0 Å². The molecular formula is C21H24N2O2S. The van der Waals surface area contributed by atoms with Crippen LogP contribution in [-0.2, 0) is 16.3 Å². The van der Waals surface area contributed by atoms with Gasteiger partial charge in [0.05, 0.1) is 10.6 Å². The standard InChI is InChI=1S/C21H24N2O2S/c1-23-12-5-8-21(23)20-15-17-14-16(9-10-19(17)22-20)11-13-26(24,25)18-6-3-2-4-7-18/h2-4,6-7,9-10,14-15,21-22H,5,8,11-13H2,1H3/t21-/m1/s1. The Morgan fingerprint density at radius 1 is 1.12 bits per heavy atom. The molecule has 0 radical (unpaired) electrons. The van der Waals surface area contributed by atoms with Crippen molar-refractivity contribution in [2.75, 3.05) is 19.3 Å². The zero-order chi connectivity index (χ0) is 18.1. The molecule has 26 heavy (non-hydrogen) atoms. The van der Waals surface area contributed by atoms with E-state index in [0.29, 0.717) is 17.4 Å². The van der Waals surface area contributed by atoms with Gasteiger partial charge in [0.15, 0.2) is 9.84 Å². The first kappa shape index (κ1) is 17.3. The highest BCUT2D eigenvalue weighted by molar-refractivity contribution is 7.91. The molecule has 1 aliphatic rings. The molecule has 0 bridgehead atoms. The molecule has 136 valence electrons. The molecule has 1 aliphatic heterocycles. The van der Waals surface area contributed by atoms with Crippen LogP contribution < -0.4 is 0 Å². The van der Waals surface area contributed by atoms with Crippen molar-refractivity contribution in [3.05, 3.63) is 65.9 Å². The number of sulfone groups is 1. The van der Waals surface area contributed by atoms with E-state index in [-0.39, 0.29) is 5.75 Å². The minimum atomic E-state index is -3.24. The minimum Gasteiger partial charge on any atom is -0.357 e. The minimum absolute atomic E-state index is 0.130. The van der Waals surface area contributed by atoms with E-state index in [9.17, 15) is 8.42 Å². The highest BCUT2D eigenvalue weighted by Gasteiger charge is 2.24. The van der Waals surface area contributed by atoms with Crippen LogP contribution in [0.25, 0.3) is 10.9 Å². The Hall–Kier alpha value is -2.11. The predicted molar refractivity (Wildman–Crippen MR) is 105 cm³/mol. The van der Waals surface area contributed by atoms with Crippen LogP contribution in [0.1, 0.15) is 30.1 Å². The maximum absolute atomic E-state index is 12.5. The number of benzene rings is 2. The Balaban J connectivity index is 1.52. The topological polar surface area (TPSA) is 53.2 Å². The van der Waals surface area contributed by atoms with Crippen molar-refractivity contribution >= 4 is 20.7 Å². The van der Waals surface area contributed by atoms with Gasteiger partial charge in [-0.25, -0.2) is 8.42 Å². The van der Waals surface area contributed by atoms with E-state index in [1.807, 2.05) is 12.1 Å². The van der Waals surface area contributed by atoms with E-state index in [0.717, 1.165) is 23.0 Å². The monoisotopic (exact) mass is 368 g/mol. The maximum Gasteiger partial charge on any atom is 0.178 e. The van der Waals surface area contributed by atoms with E-state index in [4.69, 9.17) is 0 Å². The number of aromatic nitrogens is 1. The smallest absolute Gasteiger partial charge is 0.178 e. The van der Waals surface area contributed by atoms with E-state index < -0.39 is 9.84 Å². The number of aryl methyl sites for hydroxylation is 1. The van der Waals surface area contributed by atoms with Crippen LogP contribution in [0.5, 0.6) is 0 Å². The largest absolute Gasteiger partial charge is 0.357 e. The van der Waals surface area contributed by atoms with Crippen molar-refractivity contribution in [2.24, 2.45) is 0 Å². The number of rotatable bonds is 5. The molecule has 0 saturated carbocycles. The van der Waals surface area contributed by atoms with Crippen molar-refractivity contribution in [3.63, 3.8) is 0 Å². The third kappa shape index (κ3) is 3.41. The van der Waals surface area contributed by atoms with E-state index in [1.54, 1.807) is 24.3 Å². The normalized spacial score (nSPS) is 18.6. The van der Waals surface area contributed by atoms with Gasteiger partial charge < -0.3 is 4.98 Å². The van der Waals surface area contributed by atoms with E-state index in [1.165, 1.54) is 18.5 Å². The molecule has 2 heterocycles. The third-order valence-corrected chi connectivity index (χ3v) is 7.08. The summed E-state index contributed by atoms with van der Waals surface area (Å²) in [7, 11) is -1.07. The fraction of sp³-hybridized carbons (Fsp3) is 0.333. The van der Waals surface area contributed by atoms with Crippen LogP contribution in [0.3, 0.4) is 0 Å². The molecule has 0 amide bonds. The second kappa shape index (κ2) is 6.89. The summed E-state index contributed by atoms with van der Waals surface area (Å²) < 4.78 is 24.9. The van der Waals surface area contributed by atoms with Gasteiger partial charge in [-0.3, -0.25) is 4.90 Å². The molecule has 3 aromatic rings. The van der Waals surface area contributed by atoms with E-state index >= 15 is 0 Å². The lowest BCUT2D eigenvalue weighted by Crippen LogP contribution is -2.17. The molecular weight excluding hydrogens is 344 g/mol. The summed E-state index contributed by atoms with van der Waals surface area (Å²) >= 11 is 0. The van der Waals surface area contributed by atoms with Gasteiger partial charge in [-0.1, -0.05) is 24.3 Å². The Labute approximate surface area is 154 Å². The second-order valence-corrected chi connectivity index (χ2v) is 9.28. The molecule has 0 aliphatic carbocycles. The average Bonchev–Trinajstić information content (AvgIpc) is 3.26. The van der Waals surface area contributed by atoms with Gasteiger partial charge in [-0.05, 0) is 74.1 Å². The summed E-state index contributed by atoms with van der Waals surface area (Å²) in [5, 5.41) is 1.16. The molecule has 0 spiro atoms. The maximum atomic E-state index is 12.5. The average molecular weight is 369 g/mol. The van der Waals surface area contributed by atoms with Gasteiger partial charge in [0.25, 0.3) is 0 Å². The molecule has 4 nitrogen and oxygen atoms in total. The molecule has 0 unspecified atom stereocenters. The van der Waals surface area contributed by atoms with Crippen molar-refractivity contribution in [2.45, 2.75) is 30.2 Å². The lowest BCUT2D eigenvalue weighted by molar-refractivity contribution is 0.313. The van der Waals surface area contributed by atoms with Crippen molar-refractivity contribution in [3.8, 4) is 0 Å². The first-order valence-electron chi connectivity index (χ1n) is 9.12. The lowest BCUT2D eigenvalue weighted by atomic mass is 10.1. The van der Waals surface area contributed by atoms with E-state index in [2.05, 4.69) is 35.1 Å². The first-order valence-corrected chi connectivity index (χ1v) is 10.8. The number of likely N-dealkylation sites (tertiary alicyclic amines) is 1. The quantitative estimate of drug-likeness (QED) is 0.742. The number of aromatic amines is 1. The summed E-state index contributed by atoms with van der Waals surface area (Å²) in [5.74, 6) is 0.130. The molecule has 4 rings (SSSR count). The van der Waals surface area contributed by atoms with Crippen LogP contribution in [-0.4, -0.2) is 37.6 Å². The highest BCUT2D eigenvalue weighted by atomic mass is 32.2. The Kier molecular flexibility index (Phi) is 4.59. The summed E-state index contributed by atoms with van der Waals surface area (Å²) in [6, 6.07) is 17.6. The Morgan fingerprint density at radius 3 is 2.65 bits per heavy atom. The summed E-state index contributed by atoms with van der Waals surface area (Å²) in [5.41, 5.74) is 3.44. The molecule has 1 fully saturated rings. The van der Waals surface area contributed by atoms with Gasteiger partial charge in [0, 0.05) is 17.3 Å². The van der Waals surface area contributed by atoms with Gasteiger partial charge in [0.1, 0.15) is 0 Å². The fourth-order valence-electron chi connectivity index (χ4n) is 3.84. The van der Waals surface area contributed by atoms with Gasteiger partial charge in [-0.2, -0.15) is 0 Å². The zero-order valence-corrected chi connectivity index (χ0v) is 15.8. The van der Waals surface area contributed by atoms with Crippen molar-refractivity contribution in [1.82, 2.24) is 9.88 Å². The Morgan fingerprint density at radius 2 is 1.92 bits per heavy atom. The van der Waals surface area contributed by atoms with Crippen LogP contribution in [0.4, 0.5) is 0 Å². The second-order valence-electron chi connectivity index (χ2n) is 7.17.